The summed E-state index contributed by atoms with van der Waals surface area (Å²) >= 11 is 4.41. The van der Waals surface area contributed by atoms with Crippen LogP contribution in [0.2, 0.25) is 0 Å². The van der Waals surface area contributed by atoms with E-state index in [-0.39, 0.29) is 0 Å². The van der Waals surface area contributed by atoms with Crippen molar-refractivity contribution in [3.63, 3.8) is 0 Å². The minimum Gasteiger partial charge on any atom is -0.161 e. The van der Waals surface area contributed by atoms with Gasteiger partial charge in [-0.15, -0.1) is 0 Å². The van der Waals surface area contributed by atoms with Crippen molar-refractivity contribution in [3.05, 3.63) is 0 Å². The van der Waals surface area contributed by atoms with Crippen LogP contribution in [0.3, 0.4) is 0 Å². The lowest BCUT2D eigenvalue weighted by molar-refractivity contribution is 0.529. The predicted molar refractivity (Wildman–Crippen MR) is 80.5 cm³/mol. The lowest BCUT2D eigenvalue weighted by Gasteiger charge is -2.30. The summed E-state index contributed by atoms with van der Waals surface area (Å²) in [5.41, 5.74) is 0. The third-order valence-electron chi connectivity index (χ3n) is 2.91. The van der Waals surface area contributed by atoms with E-state index in [1.165, 1.54) is 55.1 Å². The van der Waals surface area contributed by atoms with Gasteiger partial charge in [-0.3, -0.25) is 0 Å². The van der Waals surface area contributed by atoms with Crippen LogP contribution in [0.1, 0.15) is 32.1 Å². The number of thioether (sulfide) groups is 2. The molecule has 1 saturated heterocycles. The Hall–Kier alpha value is 1.40. The summed E-state index contributed by atoms with van der Waals surface area (Å²) in [6.07, 6.45) is 7.34. The highest BCUT2D eigenvalue weighted by atomic mass is 33.1. The molecule has 1 heterocycles. The van der Waals surface area contributed by atoms with E-state index in [0.717, 1.165) is 10.5 Å². The molecule has 0 bridgehead atoms. The Kier molecular flexibility index (Phi) is 6.57. The van der Waals surface area contributed by atoms with Gasteiger partial charge in [-0.25, -0.2) is 0 Å². The topological polar surface area (TPSA) is 0 Å². The highest BCUT2D eigenvalue weighted by Crippen LogP contribution is 2.41. The fraction of sp³-hybridized carbons (Fsp3) is 1.00. The summed E-state index contributed by atoms with van der Waals surface area (Å²) in [5.74, 6) is 5.50. The Morgan fingerprint density at radius 3 is 2.53 bits per heavy atom. The molecule has 0 aromatic carbocycles. The van der Waals surface area contributed by atoms with E-state index < -0.39 is 0 Å². The Morgan fingerprint density at radius 2 is 1.60 bits per heavy atom. The molecule has 0 aromatic rings. The van der Waals surface area contributed by atoms with Crippen molar-refractivity contribution in [2.75, 3.05) is 23.0 Å². The molecule has 15 heavy (non-hydrogen) atoms. The molecule has 0 unspecified atom stereocenters. The molecular weight excluding hydrogens is 260 g/mol. The standard InChI is InChI=1S/C11H20S4/c1-2-5-11-10(4-1)13-7-3-6-12-8-9-14-15-11/h10-11H,1-9H2/t10-,11+/m1/s1. The Balaban J connectivity index is 1.83. The van der Waals surface area contributed by atoms with Gasteiger partial charge in [0.15, 0.2) is 0 Å². The van der Waals surface area contributed by atoms with Gasteiger partial charge in [-0.05, 0) is 30.8 Å². The average molecular weight is 281 g/mol. The van der Waals surface area contributed by atoms with E-state index >= 15 is 0 Å². The van der Waals surface area contributed by atoms with Gasteiger partial charge in [0.25, 0.3) is 0 Å². The van der Waals surface area contributed by atoms with Crippen molar-refractivity contribution in [2.24, 2.45) is 0 Å². The molecule has 1 saturated carbocycles. The van der Waals surface area contributed by atoms with Crippen molar-refractivity contribution >= 4 is 45.1 Å². The Bertz CT molecular complexity index is 156. The van der Waals surface area contributed by atoms with Gasteiger partial charge >= 0.3 is 0 Å². The molecule has 88 valence electrons. The van der Waals surface area contributed by atoms with Gasteiger partial charge in [0.1, 0.15) is 0 Å². The van der Waals surface area contributed by atoms with Crippen LogP contribution in [0.5, 0.6) is 0 Å². The SMILES string of the molecule is C1CSCCSS[C@H]2CCCC[C@H]2SC1. The molecule has 0 amide bonds. The number of rotatable bonds is 0. The van der Waals surface area contributed by atoms with Crippen LogP contribution in [0.25, 0.3) is 0 Å². The normalized spacial score (nSPS) is 35.2. The van der Waals surface area contributed by atoms with E-state index in [9.17, 15) is 0 Å². The van der Waals surface area contributed by atoms with Gasteiger partial charge in [-0.1, -0.05) is 34.4 Å². The van der Waals surface area contributed by atoms with Crippen LogP contribution in [-0.2, 0) is 0 Å². The minimum absolute atomic E-state index is 0.955. The summed E-state index contributed by atoms with van der Waals surface area (Å²) in [5, 5.41) is 1.93. The average Bonchev–Trinajstić information content (AvgIpc) is 2.32. The van der Waals surface area contributed by atoms with Crippen molar-refractivity contribution in [3.8, 4) is 0 Å². The molecule has 0 nitrogen and oxygen atoms in total. The summed E-state index contributed by atoms with van der Waals surface area (Å²) in [4.78, 5) is 0. The zero-order chi connectivity index (χ0) is 10.3. The van der Waals surface area contributed by atoms with Crippen LogP contribution in [0.15, 0.2) is 0 Å². The molecule has 0 spiro atoms. The quantitative estimate of drug-likeness (QED) is 0.597. The summed E-state index contributed by atoms with van der Waals surface area (Å²) in [7, 11) is 4.32. The van der Waals surface area contributed by atoms with Crippen molar-refractivity contribution in [1.82, 2.24) is 0 Å². The lowest BCUT2D eigenvalue weighted by atomic mass is 10.00. The van der Waals surface area contributed by atoms with Crippen LogP contribution in [-0.4, -0.2) is 33.5 Å². The maximum atomic E-state index is 2.27. The second-order valence-electron chi connectivity index (χ2n) is 4.12. The van der Waals surface area contributed by atoms with Crippen molar-refractivity contribution in [1.29, 1.82) is 0 Å². The van der Waals surface area contributed by atoms with Crippen LogP contribution in [0.4, 0.5) is 0 Å². The van der Waals surface area contributed by atoms with E-state index in [4.69, 9.17) is 0 Å². The molecule has 4 heteroatoms. The van der Waals surface area contributed by atoms with Gasteiger partial charge in [0.2, 0.25) is 0 Å². The van der Waals surface area contributed by atoms with Gasteiger partial charge in [0.05, 0.1) is 0 Å². The molecule has 0 N–H and O–H groups in total. The third kappa shape index (κ3) is 4.64. The summed E-state index contributed by atoms with van der Waals surface area (Å²) in [6, 6.07) is 0. The maximum absolute atomic E-state index is 2.27. The molecule has 2 aliphatic rings. The smallest absolute Gasteiger partial charge is 0.0270 e. The van der Waals surface area contributed by atoms with Crippen LogP contribution >= 0.6 is 45.1 Å². The van der Waals surface area contributed by atoms with Gasteiger partial charge in [0, 0.05) is 22.0 Å². The molecule has 2 atom stereocenters. The zero-order valence-corrected chi connectivity index (χ0v) is 12.4. The highest BCUT2D eigenvalue weighted by Gasteiger charge is 2.26. The molecule has 0 aromatic heterocycles. The van der Waals surface area contributed by atoms with Crippen LogP contribution in [0, 0.1) is 0 Å². The Morgan fingerprint density at radius 1 is 0.733 bits per heavy atom. The third-order valence-corrected chi connectivity index (χ3v) is 8.90. The van der Waals surface area contributed by atoms with Crippen molar-refractivity contribution in [2.45, 2.75) is 42.6 Å². The second-order valence-corrected chi connectivity index (χ2v) is 9.41. The fourth-order valence-corrected chi connectivity index (χ4v) is 8.39. The fourth-order valence-electron chi connectivity index (χ4n) is 2.09. The number of hydrogen-bond donors (Lipinski definition) is 0. The van der Waals surface area contributed by atoms with Crippen molar-refractivity contribution < 1.29 is 0 Å². The number of fused-ring (bicyclic) bond motifs is 1. The molecule has 2 rings (SSSR count). The van der Waals surface area contributed by atoms with Gasteiger partial charge in [-0.2, -0.15) is 23.5 Å². The summed E-state index contributed by atoms with van der Waals surface area (Å²) < 4.78 is 0. The van der Waals surface area contributed by atoms with Crippen LogP contribution < -0.4 is 0 Å². The monoisotopic (exact) mass is 280 g/mol. The lowest BCUT2D eigenvalue weighted by Crippen LogP contribution is -2.24. The number of hydrogen-bond acceptors (Lipinski definition) is 4. The molecule has 1 aliphatic heterocycles. The van der Waals surface area contributed by atoms with E-state index in [0.29, 0.717) is 0 Å². The first-order valence-corrected chi connectivity index (χ1v) is 10.5. The molecule has 2 fully saturated rings. The molecular formula is C11H20S4. The van der Waals surface area contributed by atoms with E-state index in [2.05, 4.69) is 45.1 Å². The first-order valence-electron chi connectivity index (χ1n) is 5.94. The second kappa shape index (κ2) is 7.67. The largest absolute Gasteiger partial charge is 0.161 e. The zero-order valence-electron chi connectivity index (χ0n) is 9.15. The molecule has 0 radical (unpaired) electrons. The van der Waals surface area contributed by atoms with Gasteiger partial charge < -0.3 is 0 Å². The minimum atomic E-state index is 0.955. The predicted octanol–water partition coefficient (Wildman–Crippen LogP) is 4.55. The van der Waals surface area contributed by atoms with E-state index in [1.807, 2.05) is 0 Å². The summed E-state index contributed by atoms with van der Waals surface area (Å²) in [6.45, 7) is 0. The maximum Gasteiger partial charge on any atom is 0.0270 e. The highest BCUT2D eigenvalue weighted by molar-refractivity contribution is 8.77. The Labute approximate surface area is 110 Å². The molecule has 1 aliphatic carbocycles. The first kappa shape index (κ1) is 12.8. The first-order chi connectivity index (χ1) is 7.47. The van der Waals surface area contributed by atoms with E-state index in [1.54, 1.807) is 0 Å².